The number of benzene rings is 2. The van der Waals surface area contributed by atoms with Crippen LogP contribution in [0, 0.1) is 6.92 Å². The van der Waals surface area contributed by atoms with E-state index in [1.165, 1.54) is 5.56 Å². The standard InChI is InChI=1S/C17H20N2O2/c1-13-5-7-16(8-6-13)21-10-9-17(20)19-15-4-2-3-14(11-15)12-18/h2-8,11H,9-10,12,18H2,1H3,(H,19,20). The van der Waals surface area contributed by atoms with E-state index in [4.69, 9.17) is 10.5 Å². The van der Waals surface area contributed by atoms with Gasteiger partial charge in [0, 0.05) is 12.2 Å². The third-order valence-electron chi connectivity index (χ3n) is 3.07. The zero-order valence-electron chi connectivity index (χ0n) is 12.1. The molecular formula is C17H20N2O2. The molecule has 4 nitrogen and oxygen atoms in total. The van der Waals surface area contributed by atoms with E-state index in [-0.39, 0.29) is 5.91 Å². The molecule has 0 heterocycles. The van der Waals surface area contributed by atoms with E-state index in [0.29, 0.717) is 19.6 Å². The van der Waals surface area contributed by atoms with Crippen LogP contribution >= 0.6 is 0 Å². The van der Waals surface area contributed by atoms with Crippen LogP contribution in [0.3, 0.4) is 0 Å². The van der Waals surface area contributed by atoms with E-state index in [1.807, 2.05) is 55.5 Å². The highest BCUT2D eigenvalue weighted by molar-refractivity contribution is 5.90. The van der Waals surface area contributed by atoms with E-state index in [2.05, 4.69) is 5.32 Å². The summed E-state index contributed by atoms with van der Waals surface area (Å²) < 4.78 is 5.53. The van der Waals surface area contributed by atoms with Crippen LogP contribution < -0.4 is 15.8 Å². The van der Waals surface area contributed by atoms with Gasteiger partial charge in [0.15, 0.2) is 0 Å². The van der Waals surface area contributed by atoms with E-state index >= 15 is 0 Å². The molecule has 0 fully saturated rings. The number of hydrogen-bond donors (Lipinski definition) is 2. The molecule has 3 N–H and O–H groups in total. The molecule has 0 aliphatic rings. The first-order chi connectivity index (χ1) is 10.2. The van der Waals surface area contributed by atoms with Gasteiger partial charge in [0.2, 0.25) is 5.91 Å². The SMILES string of the molecule is Cc1ccc(OCCC(=O)Nc2cccc(CN)c2)cc1. The van der Waals surface area contributed by atoms with Gasteiger partial charge >= 0.3 is 0 Å². The van der Waals surface area contributed by atoms with Gasteiger partial charge in [0.1, 0.15) is 5.75 Å². The molecule has 0 saturated heterocycles. The third kappa shape index (κ3) is 4.93. The summed E-state index contributed by atoms with van der Waals surface area (Å²) in [5.74, 6) is 0.704. The smallest absolute Gasteiger partial charge is 0.227 e. The summed E-state index contributed by atoms with van der Waals surface area (Å²) >= 11 is 0. The lowest BCUT2D eigenvalue weighted by atomic mass is 10.2. The van der Waals surface area contributed by atoms with E-state index in [0.717, 1.165) is 17.0 Å². The number of hydrogen-bond acceptors (Lipinski definition) is 3. The number of amides is 1. The molecule has 0 aromatic heterocycles. The Morgan fingerprint density at radius 1 is 1.19 bits per heavy atom. The molecule has 2 aromatic carbocycles. The molecule has 2 aromatic rings. The van der Waals surface area contributed by atoms with Gasteiger partial charge in [-0.2, -0.15) is 0 Å². The summed E-state index contributed by atoms with van der Waals surface area (Å²) in [6.45, 7) is 2.83. The molecule has 0 unspecified atom stereocenters. The Morgan fingerprint density at radius 2 is 1.95 bits per heavy atom. The quantitative estimate of drug-likeness (QED) is 0.857. The largest absolute Gasteiger partial charge is 0.493 e. The molecule has 0 aliphatic carbocycles. The Hall–Kier alpha value is -2.33. The number of ether oxygens (including phenoxy) is 1. The first kappa shape index (κ1) is 15.1. The normalized spacial score (nSPS) is 10.2. The number of nitrogens with one attached hydrogen (secondary N) is 1. The van der Waals surface area contributed by atoms with Gasteiger partial charge in [-0.05, 0) is 36.8 Å². The van der Waals surface area contributed by atoms with Crippen LogP contribution in [0.1, 0.15) is 17.5 Å². The van der Waals surface area contributed by atoms with Crippen molar-refractivity contribution in [2.45, 2.75) is 19.9 Å². The van der Waals surface area contributed by atoms with Gasteiger partial charge in [-0.15, -0.1) is 0 Å². The van der Waals surface area contributed by atoms with Crippen molar-refractivity contribution >= 4 is 11.6 Å². The topological polar surface area (TPSA) is 64.3 Å². The zero-order valence-corrected chi connectivity index (χ0v) is 12.1. The Morgan fingerprint density at radius 3 is 2.67 bits per heavy atom. The molecule has 0 aliphatic heterocycles. The lowest BCUT2D eigenvalue weighted by Gasteiger charge is -2.08. The van der Waals surface area contributed by atoms with Crippen molar-refractivity contribution in [2.75, 3.05) is 11.9 Å². The molecule has 0 saturated carbocycles. The van der Waals surface area contributed by atoms with Crippen molar-refractivity contribution in [1.82, 2.24) is 0 Å². The Labute approximate surface area is 124 Å². The monoisotopic (exact) mass is 284 g/mol. The molecule has 0 radical (unpaired) electrons. The van der Waals surface area contributed by atoms with Gasteiger partial charge in [0.25, 0.3) is 0 Å². The van der Waals surface area contributed by atoms with Crippen molar-refractivity contribution in [3.05, 3.63) is 59.7 Å². The Balaban J connectivity index is 1.78. The lowest BCUT2D eigenvalue weighted by Crippen LogP contribution is -2.15. The molecule has 0 bridgehead atoms. The molecule has 0 atom stereocenters. The zero-order chi connectivity index (χ0) is 15.1. The fourth-order valence-electron chi connectivity index (χ4n) is 1.90. The van der Waals surface area contributed by atoms with Crippen LogP contribution in [0.25, 0.3) is 0 Å². The minimum atomic E-state index is -0.0729. The van der Waals surface area contributed by atoms with Crippen LogP contribution in [-0.2, 0) is 11.3 Å². The van der Waals surface area contributed by atoms with Crippen LogP contribution in [0.15, 0.2) is 48.5 Å². The van der Waals surface area contributed by atoms with E-state index in [9.17, 15) is 4.79 Å². The first-order valence-corrected chi connectivity index (χ1v) is 6.96. The molecule has 4 heteroatoms. The van der Waals surface area contributed by atoms with Crippen molar-refractivity contribution < 1.29 is 9.53 Å². The number of carbonyl (C=O) groups excluding carboxylic acids is 1. The van der Waals surface area contributed by atoms with Crippen molar-refractivity contribution in [2.24, 2.45) is 5.73 Å². The second-order valence-corrected chi connectivity index (χ2v) is 4.86. The maximum Gasteiger partial charge on any atom is 0.227 e. The minimum absolute atomic E-state index is 0.0729. The Bertz CT molecular complexity index is 594. The molecule has 1 amide bonds. The fraction of sp³-hybridized carbons (Fsp3) is 0.235. The summed E-state index contributed by atoms with van der Waals surface area (Å²) in [7, 11) is 0. The number of rotatable bonds is 6. The minimum Gasteiger partial charge on any atom is -0.493 e. The van der Waals surface area contributed by atoms with Crippen molar-refractivity contribution in [1.29, 1.82) is 0 Å². The van der Waals surface area contributed by atoms with Gasteiger partial charge in [-0.3, -0.25) is 4.79 Å². The molecule has 2 rings (SSSR count). The van der Waals surface area contributed by atoms with Gasteiger partial charge in [-0.1, -0.05) is 29.8 Å². The number of carbonyl (C=O) groups is 1. The second-order valence-electron chi connectivity index (χ2n) is 4.86. The van der Waals surface area contributed by atoms with Gasteiger partial charge in [-0.25, -0.2) is 0 Å². The predicted octanol–water partition coefficient (Wildman–Crippen LogP) is 2.86. The van der Waals surface area contributed by atoms with Crippen LogP contribution in [0.4, 0.5) is 5.69 Å². The van der Waals surface area contributed by atoms with E-state index < -0.39 is 0 Å². The average Bonchev–Trinajstić information content (AvgIpc) is 2.49. The summed E-state index contributed by atoms with van der Waals surface area (Å²) in [5, 5.41) is 2.84. The number of nitrogens with two attached hydrogens (primary N) is 1. The molecular weight excluding hydrogens is 264 g/mol. The Kier molecular flexibility index (Phi) is 5.35. The molecule has 0 spiro atoms. The summed E-state index contributed by atoms with van der Waals surface area (Å²) in [6, 6.07) is 15.3. The van der Waals surface area contributed by atoms with Crippen LogP contribution in [-0.4, -0.2) is 12.5 Å². The number of aryl methyl sites for hydroxylation is 1. The first-order valence-electron chi connectivity index (χ1n) is 6.96. The highest BCUT2D eigenvalue weighted by atomic mass is 16.5. The fourth-order valence-corrected chi connectivity index (χ4v) is 1.90. The van der Waals surface area contributed by atoms with Crippen molar-refractivity contribution in [3.63, 3.8) is 0 Å². The molecule has 110 valence electrons. The molecule has 21 heavy (non-hydrogen) atoms. The van der Waals surface area contributed by atoms with Crippen LogP contribution in [0.2, 0.25) is 0 Å². The highest BCUT2D eigenvalue weighted by Gasteiger charge is 2.03. The summed E-state index contributed by atoms with van der Waals surface area (Å²) in [5.41, 5.74) is 8.50. The van der Waals surface area contributed by atoms with E-state index in [1.54, 1.807) is 0 Å². The highest BCUT2D eigenvalue weighted by Crippen LogP contribution is 2.13. The van der Waals surface area contributed by atoms with Crippen LogP contribution in [0.5, 0.6) is 5.75 Å². The number of anilines is 1. The third-order valence-corrected chi connectivity index (χ3v) is 3.07. The van der Waals surface area contributed by atoms with Gasteiger partial charge in [0.05, 0.1) is 13.0 Å². The lowest BCUT2D eigenvalue weighted by molar-refractivity contribution is -0.116. The average molecular weight is 284 g/mol. The maximum absolute atomic E-state index is 11.8. The second kappa shape index (κ2) is 7.45. The summed E-state index contributed by atoms with van der Waals surface area (Å²) in [6.07, 6.45) is 0.306. The van der Waals surface area contributed by atoms with Gasteiger partial charge < -0.3 is 15.8 Å². The maximum atomic E-state index is 11.8. The summed E-state index contributed by atoms with van der Waals surface area (Å²) in [4.78, 5) is 11.8. The van der Waals surface area contributed by atoms with Crippen molar-refractivity contribution in [3.8, 4) is 5.75 Å². The predicted molar refractivity (Wildman–Crippen MR) is 84.3 cm³/mol.